The topological polar surface area (TPSA) is 47.6 Å². The summed E-state index contributed by atoms with van der Waals surface area (Å²) in [5.74, 6) is 1.01. The van der Waals surface area contributed by atoms with Gasteiger partial charge in [0.2, 0.25) is 5.91 Å². The van der Waals surface area contributed by atoms with Gasteiger partial charge < -0.3 is 14.8 Å². The van der Waals surface area contributed by atoms with E-state index in [0.29, 0.717) is 35.4 Å². The van der Waals surface area contributed by atoms with E-state index in [2.05, 4.69) is 5.32 Å². The smallest absolute Gasteiger partial charge is 0.248 e. The number of carbonyl (C=O) groups is 1. The van der Waals surface area contributed by atoms with Gasteiger partial charge in [-0.1, -0.05) is 17.2 Å². The number of nitrogens with one attached hydrogen (secondary N) is 1. The van der Waals surface area contributed by atoms with Gasteiger partial charge in [0.05, 0.1) is 23.9 Å². The third kappa shape index (κ3) is 3.64. The predicted octanol–water partition coefficient (Wildman–Crippen LogP) is 3.41. The molecule has 1 N–H and O–H groups in total. The molecule has 0 fully saturated rings. The number of halogens is 1. The zero-order valence-electron chi connectivity index (χ0n) is 11.0. The number of hydrogen-bond acceptors (Lipinski definition) is 3. The minimum Gasteiger partial charge on any atom is -0.490 e. The van der Waals surface area contributed by atoms with Crippen LogP contribution in [0.25, 0.3) is 0 Å². The Kier molecular flexibility index (Phi) is 4.32. The molecule has 1 amide bonds. The minimum absolute atomic E-state index is 0.212. The molecule has 1 aromatic carbocycles. The van der Waals surface area contributed by atoms with Crippen molar-refractivity contribution in [3.8, 4) is 11.5 Å². The van der Waals surface area contributed by atoms with Crippen LogP contribution in [-0.4, -0.2) is 19.1 Å². The third-order valence-corrected chi connectivity index (χ3v) is 2.83. The lowest BCUT2D eigenvalue weighted by molar-refractivity contribution is -0.111. The van der Waals surface area contributed by atoms with Crippen LogP contribution >= 0.6 is 11.6 Å². The monoisotopic (exact) mass is 281 g/mol. The molecule has 1 heterocycles. The van der Waals surface area contributed by atoms with Gasteiger partial charge >= 0.3 is 0 Å². The van der Waals surface area contributed by atoms with Gasteiger partial charge in [-0.3, -0.25) is 4.79 Å². The van der Waals surface area contributed by atoms with Crippen molar-refractivity contribution in [2.45, 2.75) is 20.3 Å². The van der Waals surface area contributed by atoms with Crippen molar-refractivity contribution < 1.29 is 14.3 Å². The molecule has 0 radical (unpaired) electrons. The molecule has 0 atom stereocenters. The van der Waals surface area contributed by atoms with Crippen molar-refractivity contribution in [1.29, 1.82) is 0 Å². The molecule has 19 heavy (non-hydrogen) atoms. The standard InChI is InChI=1S/C14H16ClNO3/c1-9(2)6-14(17)16-11-8-13-12(7-10(11)15)18-4-3-5-19-13/h6-8H,3-5H2,1-2H3,(H,16,17). The Bertz CT molecular complexity index is 522. The Morgan fingerprint density at radius 2 is 1.89 bits per heavy atom. The van der Waals surface area contributed by atoms with E-state index in [9.17, 15) is 4.79 Å². The van der Waals surface area contributed by atoms with E-state index in [1.54, 1.807) is 12.1 Å². The van der Waals surface area contributed by atoms with Crippen molar-refractivity contribution in [1.82, 2.24) is 0 Å². The van der Waals surface area contributed by atoms with Gasteiger partial charge in [-0.25, -0.2) is 0 Å². The highest BCUT2D eigenvalue weighted by atomic mass is 35.5. The van der Waals surface area contributed by atoms with Crippen LogP contribution in [0.5, 0.6) is 11.5 Å². The summed E-state index contributed by atoms with van der Waals surface area (Å²) in [7, 11) is 0. The van der Waals surface area contributed by atoms with E-state index in [-0.39, 0.29) is 5.91 Å². The normalized spacial score (nSPS) is 13.4. The first kappa shape index (κ1) is 13.7. The van der Waals surface area contributed by atoms with E-state index in [1.807, 2.05) is 13.8 Å². The van der Waals surface area contributed by atoms with Crippen molar-refractivity contribution in [2.75, 3.05) is 18.5 Å². The number of anilines is 1. The first-order valence-electron chi connectivity index (χ1n) is 6.11. The number of ether oxygens (including phenoxy) is 2. The average molecular weight is 282 g/mol. The number of allylic oxidation sites excluding steroid dienone is 1. The van der Waals surface area contributed by atoms with Gasteiger partial charge in [-0.2, -0.15) is 0 Å². The molecule has 0 aliphatic carbocycles. The van der Waals surface area contributed by atoms with Crippen LogP contribution in [0.15, 0.2) is 23.8 Å². The molecule has 1 aliphatic heterocycles. The maximum absolute atomic E-state index is 11.7. The van der Waals surface area contributed by atoms with E-state index < -0.39 is 0 Å². The molecule has 5 heteroatoms. The molecule has 0 unspecified atom stereocenters. The Morgan fingerprint density at radius 1 is 1.26 bits per heavy atom. The number of rotatable bonds is 2. The maximum atomic E-state index is 11.7. The van der Waals surface area contributed by atoms with Crippen LogP contribution in [-0.2, 0) is 4.79 Å². The molecule has 4 nitrogen and oxygen atoms in total. The maximum Gasteiger partial charge on any atom is 0.248 e. The highest BCUT2D eigenvalue weighted by Crippen LogP contribution is 2.37. The van der Waals surface area contributed by atoms with Crippen molar-refractivity contribution in [3.63, 3.8) is 0 Å². The van der Waals surface area contributed by atoms with Crippen LogP contribution in [0, 0.1) is 0 Å². The molecule has 1 aromatic rings. The number of amides is 1. The summed E-state index contributed by atoms with van der Waals surface area (Å²) < 4.78 is 11.1. The fraction of sp³-hybridized carbons (Fsp3) is 0.357. The largest absolute Gasteiger partial charge is 0.490 e. The molecular weight excluding hydrogens is 266 g/mol. The molecule has 1 aliphatic rings. The molecule has 0 bridgehead atoms. The Morgan fingerprint density at radius 3 is 2.53 bits per heavy atom. The van der Waals surface area contributed by atoms with Gasteiger partial charge in [0, 0.05) is 24.6 Å². The SMILES string of the molecule is CC(C)=CC(=O)Nc1cc2c(cc1Cl)OCCCO2. The fourth-order valence-corrected chi connectivity index (χ4v) is 1.91. The van der Waals surface area contributed by atoms with E-state index >= 15 is 0 Å². The lowest BCUT2D eigenvalue weighted by Gasteiger charge is -2.11. The number of fused-ring (bicyclic) bond motifs is 1. The summed E-state index contributed by atoms with van der Waals surface area (Å²) >= 11 is 6.12. The molecule has 0 saturated heterocycles. The molecular formula is C14H16ClNO3. The number of hydrogen-bond donors (Lipinski definition) is 1. The summed E-state index contributed by atoms with van der Waals surface area (Å²) in [5, 5.41) is 3.16. The minimum atomic E-state index is -0.212. The fourth-order valence-electron chi connectivity index (χ4n) is 1.71. The zero-order valence-corrected chi connectivity index (χ0v) is 11.7. The molecule has 0 saturated carbocycles. The van der Waals surface area contributed by atoms with Gasteiger partial charge in [0.25, 0.3) is 0 Å². The second-order valence-electron chi connectivity index (χ2n) is 4.54. The van der Waals surface area contributed by atoms with E-state index in [1.165, 1.54) is 6.08 Å². The Balaban J connectivity index is 2.24. The lowest BCUT2D eigenvalue weighted by Crippen LogP contribution is -2.09. The second-order valence-corrected chi connectivity index (χ2v) is 4.95. The van der Waals surface area contributed by atoms with Crippen LogP contribution in [0.1, 0.15) is 20.3 Å². The van der Waals surface area contributed by atoms with Crippen LogP contribution in [0.3, 0.4) is 0 Å². The van der Waals surface area contributed by atoms with Crippen LogP contribution in [0.4, 0.5) is 5.69 Å². The predicted molar refractivity (Wildman–Crippen MR) is 75.1 cm³/mol. The first-order chi connectivity index (χ1) is 9.06. The highest BCUT2D eigenvalue weighted by Gasteiger charge is 2.14. The number of carbonyl (C=O) groups excluding carboxylic acids is 1. The summed E-state index contributed by atoms with van der Waals surface area (Å²) in [6.45, 7) is 4.91. The average Bonchev–Trinajstić information content (AvgIpc) is 2.53. The first-order valence-corrected chi connectivity index (χ1v) is 6.49. The summed E-state index contributed by atoms with van der Waals surface area (Å²) in [5.41, 5.74) is 1.44. The van der Waals surface area contributed by atoms with Crippen LogP contribution in [0.2, 0.25) is 5.02 Å². The molecule has 0 spiro atoms. The Hall–Kier alpha value is -1.68. The highest BCUT2D eigenvalue weighted by molar-refractivity contribution is 6.34. The molecule has 2 rings (SSSR count). The molecule has 0 aromatic heterocycles. The Labute approximate surface area is 117 Å². The van der Waals surface area contributed by atoms with Gasteiger partial charge in [0.1, 0.15) is 0 Å². The second kappa shape index (κ2) is 5.97. The summed E-state index contributed by atoms with van der Waals surface area (Å²) in [6, 6.07) is 3.36. The summed E-state index contributed by atoms with van der Waals surface area (Å²) in [4.78, 5) is 11.7. The zero-order chi connectivity index (χ0) is 13.8. The van der Waals surface area contributed by atoms with Gasteiger partial charge in [-0.15, -0.1) is 0 Å². The lowest BCUT2D eigenvalue weighted by atomic mass is 10.2. The van der Waals surface area contributed by atoms with Gasteiger partial charge in [0.15, 0.2) is 11.5 Å². The van der Waals surface area contributed by atoms with Gasteiger partial charge in [-0.05, 0) is 13.8 Å². The summed E-state index contributed by atoms with van der Waals surface area (Å²) in [6.07, 6.45) is 2.34. The molecule has 102 valence electrons. The van der Waals surface area contributed by atoms with Crippen LogP contribution < -0.4 is 14.8 Å². The number of benzene rings is 1. The van der Waals surface area contributed by atoms with Crippen molar-refractivity contribution in [2.24, 2.45) is 0 Å². The van der Waals surface area contributed by atoms with Crippen molar-refractivity contribution >= 4 is 23.2 Å². The van der Waals surface area contributed by atoms with Crippen molar-refractivity contribution in [3.05, 3.63) is 28.8 Å². The third-order valence-electron chi connectivity index (χ3n) is 2.51. The van der Waals surface area contributed by atoms with E-state index in [0.717, 1.165) is 12.0 Å². The quantitative estimate of drug-likeness (QED) is 0.845. The van der Waals surface area contributed by atoms with E-state index in [4.69, 9.17) is 21.1 Å².